The summed E-state index contributed by atoms with van der Waals surface area (Å²) in [6.45, 7) is 6.47. The van der Waals surface area contributed by atoms with Gasteiger partial charge in [-0.05, 0) is 83.5 Å². The molecule has 0 heterocycles. The molecule has 0 bridgehead atoms. The zero-order chi connectivity index (χ0) is 46.5. The lowest BCUT2D eigenvalue weighted by Gasteiger charge is -2.18. The van der Waals surface area contributed by atoms with E-state index in [9.17, 15) is 14.4 Å². The van der Waals surface area contributed by atoms with Crippen LogP contribution < -0.4 is 0 Å². The molecule has 0 aromatic rings. The summed E-state index contributed by atoms with van der Waals surface area (Å²) >= 11 is 0. The van der Waals surface area contributed by atoms with E-state index in [-0.39, 0.29) is 37.5 Å². The van der Waals surface area contributed by atoms with Crippen molar-refractivity contribution >= 4 is 17.9 Å². The standard InChI is InChI=1S/C58H100O6/c1-4-7-10-13-16-19-22-24-26-28-30-31-33-36-39-42-45-48-51-57(60)63-54-55(53-62-56(59)50-47-44-41-38-35-21-18-15-12-9-6-3)64-58(61)52-49-46-43-40-37-34-32-29-27-25-23-20-17-14-11-8-5-2/h8,11,17,20,25-28,32,34,40,43,55H,4-7,9-10,12-16,18-19,21-24,29-31,33,35-39,41-42,44-54H2,1-3H3/b11-8-,20-17-,27-25-,28-26-,34-32-,43-40-. The number of esters is 3. The van der Waals surface area contributed by atoms with E-state index in [0.29, 0.717) is 19.3 Å². The number of hydrogen-bond donors (Lipinski definition) is 0. The summed E-state index contributed by atoms with van der Waals surface area (Å²) in [5, 5.41) is 0. The normalized spacial score (nSPS) is 12.6. The van der Waals surface area contributed by atoms with Crippen molar-refractivity contribution in [2.24, 2.45) is 0 Å². The van der Waals surface area contributed by atoms with E-state index in [1.54, 1.807) is 0 Å². The molecule has 0 aromatic carbocycles. The maximum absolute atomic E-state index is 12.8. The lowest BCUT2D eigenvalue weighted by molar-refractivity contribution is -0.167. The Bertz CT molecular complexity index is 1210. The molecule has 0 aliphatic carbocycles. The molecule has 0 saturated heterocycles. The zero-order valence-electron chi connectivity index (χ0n) is 42.0. The van der Waals surface area contributed by atoms with Gasteiger partial charge in [0.25, 0.3) is 0 Å². The van der Waals surface area contributed by atoms with Gasteiger partial charge in [-0.2, -0.15) is 0 Å². The predicted molar refractivity (Wildman–Crippen MR) is 274 cm³/mol. The van der Waals surface area contributed by atoms with Gasteiger partial charge in [-0.1, -0.05) is 229 Å². The number of hydrogen-bond acceptors (Lipinski definition) is 6. The van der Waals surface area contributed by atoms with Crippen LogP contribution in [0.3, 0.4) is 0 Å². The summed E-state index contributed by atoms with van der Waals surface area (Å²) in [6, 6.07) is 0. The van der Waals surface area contributed by atoms with E-state index in [1.165, 1.54) is 135 Å². The van der Waals surface area contributed by atoms with Crippen molar-refractivity contribution in [3.8, 4) is 0 Å². The van der Waals surface area contributed by atoms with Gasteiger partial charge >= 0.3 is 17.9 Å². The fourth-order valence-electron chi connectivity index (χ4n) is 7.41. The molecule has 0 radical (unpaired) electrons. The molecule has 0 amide bonds. The van der Waals surface area contributed by atoms with E-state index >= 15 is 0 Å². The Morgan fingerprint density at radius 1 is 0.328 bits per heavy atom. The van der Waals surface area contributed by atoms with Gasteiger partial charge in [0.15, 0.2) is 6.10 Å². The van der Waals surface area contributed by atoms with E-state index < -0.39 is 6.10 Å². The Hall–Kier alpha value is -3.15. The fraction of sp³-hybridized carbons (Fsp3) is 0.741. The molecule has 0 aromatic heterocycles. The minimum absolute atomic E-state index is 0.0976. The van der Waals surface area contributed by atoms with Crippen LogP contribution in [0.2, 0.25) is 0 Å². The minimum atomic E-state index is -0.804. The van der Waals surface area contributed by atoms with E-state index in [0.717, 1.165) is 77.0 Å². The average molecular weight is 893 g/mol. The van der Waals surface area contributed by atoms with Crippen LogP contribution in [0.5, 0.6) is 0 Å². The van der Waals surface area contributed by atoms with Crippen molar-refractivity contribution in [1.82, 2.24) is 0 Å². The van der Waals surface area contributed by atoms with Gasteiger partial charge in [0, 0.05) is 19.3 Å². The topological polar surface area (TPSA) is 78.9 Å². The molecule has 0 fully saturated rings. The molecule has 1 unspecified atom stereocenters. The SMILES string of the molecule is CC/C=C\C/C=C\C/C=C\C/C=C\C/C=C\CCCC(=O)OC(COC(=O)CCCCCCCCC/C=C\CCCCCCCCC)COC(=O)CCCCCCCCCCCCC. The Balaban J connectivity index is 4.44. The quantitative estimate of drug-likeness (QED) is 0.0262. The van der Waals surface area contributed by atoms with Crippen LogP contribution in [0, 0.1) is 0 Å². The monoisotopic (exact) mass is 893 g/mol. The maximum atomic E-state index is 12.8. The first-order chi connectivity index (χ1) is 31.5. The van der Waals surface area contributed by atoms with Gasteiger partial charge in [-0.15, -0.1) is 0 Å². The third-order valence-electron chi connectivity index (χ3n) is 11.4. The van der Waals surface area contributed by atoms with Crippen LogP contribution >= 0.6 is 0 Å². The second-order valence-corrected chi connectivity index (χ2v) is 17.8. The molecule has 0 N–H and O–H groups in total. The number of unbranched alkanes of at least 4 members (excludes halogenated alkanes) is 25. The molecule has 64 heavy (non-hydrogen) atoms. The van der Waals surface area contributed by atoms with Crippen LogP contribution in [0.1, 0.15) is 258 Å². The van der Waals surface area contributed by atoms with Gasteiger partial charge in [0.05, 0.1) is 0 Å². The molecular weight excluding hydrogens is 793 g/mol. The summed E-state index contributed by atoms with van der Waals surface area (Å²) in [4.78, 5) is 38.0. The molecule has 0 spiro atoms. The lowest BCUT2D eigenvalue weighted by Crippen LogP contribution is -2.30. The van der Waals surface area contributed by atoms with Crippen molar-refractivity contribution in [2.45, 2.75) is 264 Å². The molecular formula is C58H100O6. The second kappa shape index (κ2) is 52.5. The van der Waals surface area contributed by atoms with E-state index in [1.807, 2.05) is 0 Å². The highest BCUT2D eigenvalue weighted by Crippen LogP contribution is 2.15. The number of carbonyl (C=O) groups is 3. The first kappa shape index (κ1) is 60.9. The Labute approximate surface area is 395 Å². The largest absolute Gasteiger partial charge is 0.462 e. The van der Waals surface area contributed by atoms with Crippen molar-refractivity contribution < 1.29 is 28.6 Å². The summed E-state index contributed by atoms with van der Waals surface area (Å²) in [5.41, 5.74) is 0. The highest BCUT2D eigenvalue weighted by molar-refractivity contribution is 5.71. The molecule has 6 heteroatoms. The average Bonchev–Trinajstić information content (AvgIpc) is 3.29. The number of ether oxygens (including phenoxy) is 3. The number of allylic oxidation sites excluding steroid dienone is 12. The minimum Gasteiger partial charge on any atom is -0.462 e. The lowest BCUT2D eigenvalue weighted by atomic mass is 10.1. The number of rotatable bonds is 48. The summed E-state index contributed by atoms with van der Waals surface area (Å²) in [5.74, 6) is -0.957. The summed E-state index contributed by atoms with van der Waals surface area (Å²) in [7, 11) is 0. The summed E-state index contributed by atoms with van der Waals surface area (Å²) < 4.78 is 16.8. The molecule has 0 aliphatic heterocycles. The molecule has 368 valence electrons. The molecule has 0 aliphatic rings. The van der Waals surface area contributed by atoms with Gasteiger partial charge < -0.3 is 14.2 Å². The molecule has 0 saturated carbocycles. The first-order valence-electron chi connectivity index (χ1n) is 26.9. The molecule has 0 rings (SSSR count). The van der Waals surface area contributed by atoms with Crippen LogP contribution in [0.4, 0.5) is 0 Å². The van der Waals surface area contributed by atoms with Gasteiger partial charge in [0.1, 0.15) is 13.2 Å². The van der Waals surface area contributed by atoms with Crippen LogP contribution in [-0.2, 0) is 28.6 Å². The molecule has 1 atom stereocenters. The third-order valence-corrected chi connectivity index (χ3v) is 11.4. The Kier molecular flexibility index (Phi) is 49.9. The number of carbonyl (C=O) groups excluding carboxylic acids is 3. The van der Waals surface area contributed by atoms with Gasteiger partial charge in [-0.3, -0.25) is 14.4 Å². The van der Waals surface area contributed by atoms with Crippen LogP contribution in [0.25, 0.3) is 0 Å². The Morgan fingerprint density at radius 2 is 0.625 bits per heavy atom. The maximum Gasteiger partial charge on any atom is 0.306 e. The van der Waals surface area contributed by atoms with Gasteiger partial charge in [-0.25, -0.2) is 0 Å². The molecule has 6 nitrogen and oxygen atoms in total. The summed E-state index contributed by atoms with van der Waals surface area (Å²) in [6.07, 6.45) is 66.1. The predicted octanol–water partition coefficient (Wildman–Crippen LogP) is 17.8. The van der Waals surface area contributed by atoms with E-state index in [2.05, 4.69) is 93.7 Å². The smallest absolute Gasteiger partial charge is 0.306 e. The van der Waals surface area contributed by atoms with Crippen molar-refractivity contribution in [3.63, 3.8) is 0 Å². The van der Waals surface area contributed by atoms with E-state index in [4.69, 9.17) is 14.2 Å². The van der Waals surface area contributed by atoms with Crippen molar-refractivity contribution in [2.75, 3.05) is 13.2 Å². The highest BCUT2D eigenvalue weighted by atomic mass is 16.6. The van der Waals surface area contributed by atoms with Crippen LogP contribution in [-0.4, -0.2) is 37.2 Å². The van der Waals surface area contributed by atoms with Crippen LogP contribution in [0.15, 0.2) is 72.9 Å². The fourth-order valence-corrected chi connectivity index (χ4v) is 7.41. The Morgan fingerprint density at radius 3 is 1.02 bits per heavy atom. The van der Waals surface area contributed by atoms with Crippen molar-refractivity contribution in [3.05, 3.63) is 72.9 Å². The second-order valence-electron chi connectivity index (χ2n) is 17.8. The van der Waals surface area contributed by atoms with Crippen molar-refractivity contribution in [1.29, 1.82) is 0 Å². The highest BCUT2D eigenvalue weighted by Gasteiger charge is 2.19. The van der Waals surface area contributed by atoms with Gasteiger partial charge in [0.2, 0.25) is 0 Å². The third kappa shape index (κ3) is 49.9. The first-order valence-corrected chi connectivity index (χ1v) is 26.9. The zero-order valence-corrected chi connectivity index (χ0v) is 42.0.